The average Bonchev–Trinajstić information content (AvgIpc) is 2.15. The topological polar surface area (TPSA) is 33.0 Å². The second kappa shape index (κ2) is 5.02. The van der Waals surface area contributed by atoms with E-state index in [4.69, 9.17) is 10.00 Å². The minimum Gasteiger partial charge on any atom is -0.493 e. The lowest BCUT2D eigenvalue weighted by Gasteiger charge is -2.08. The molecule has 0 amide bonds. The van der Waals surface area contributed by atoms with Gasteiger partial charge in [0.2, 0.25) is 0 Å². The SMILES string of the molecule is CC(C)COc1ccc(C#N)c(Br)c1. The van der Waals surface area contributed by atoms with Crippen molar-refractivity contribution in [2.24, 2.45) is 5.92 Å². The fourth-order valence-electron chi connectivity index (χ4n) is 0.939. The van der Waals surface area contributed by atoms with Gasteiger partial charge in [-0.15, -0.1) is 0 Å². The van der Waals surface area contributed by atoms with Crippen molar-refractivity contribution in [2.75, 3.05) is 6.61 Å². The Labute approximate surface area is 92.6 Å². The van der Waals surface area contributed by atoms with Gasteiger partial charge in [0.15, 0.2) is 0 Å². The molecule has 0 aliphatic carbocycles. The van der Waals surface area contributed by atoms with Gasteiger partial charge in [-0.2, -0.15) is 5.26 Å². The maximum absolute atomic E-state index is 8.71. The van der Waals surface area contributed by atoms with Crippen LogP contribution in [0.4, 0.5) is 0 Å². The van der Waals surface area contributed by atoms with Gasteiger partial charge in [0.1, 0.15) is 11.8 Å². The Morgan fingerprint density at radius 3 is 2.71 bits per heavy atom. The zero-order chi connectivity index (χ0) is 10.6. The van der Waals surface area contributed by atoms with Crippen LogP contribution in [0.25, 0.3) is 0 Å². The van der Waals surface area contributed by atoms with Crippen LogP contribution in [-0.4, -0.2) is 6.61 Å². The fraction of sp³-hybridized carbons (Fsp3) is 0.364. The fourth-order valence-corrected chi connectivity index (χ4v) is 1.39. The number of nitrogens with zero attached hydrogens (tertiary/aromatic N) is 1. The Hall–Kier alpha value is -1.01. The van der Waals surface area contributed by atoms with Crippen molar-refractivity contribution >= 4 is 15.9 Å². The standard InChI is InChI=1S/C11H12BrNO/c1-8(2)7-14-10-4-3-9(6-13)11(12)5-10/h3-5,8H,7H2,1-2H3. The van der Waals surface area contributed by atoms with Gasteiger partial charge in [-0.1, -0.05) is 13.8 Å². The third-order valence-electron chi connectivity index (χ3n) is 1.64. The molecule has 74 valence electrons. The van der Waals surface area contributed by atoms with E-state index >= 15 is 0 Å². The Bertz CT molecular complexity index is 355. The van der Waals surface area contributed by atoms with Gasteiger partial charge >= 0.3 is 0 Å². The molecule has 0 bridgehead atoms. The van der Waals surface area contributed by atoms with Gasteiger partial charge in [-0.25, -0.2) is 0 Å². The van der Waals surface area contributed by atoms with Crippen LogP contribution in [0.3, 0.4) is 0 Å². The normalized spacial score (nSPS) is 9.93. The molecule has 0 saturated heterocycles. The van der Waals surface area contributed by atoms with Crippen molar-refractivity contribution in [3.8, 4) is 11.8 Å². The first-order valence-corrected chi connectivity index (χ1v) is 5.25. The summed E-state index contributed by atoms with van der Waals surface area (Å²) in [7, 11) is 0. The van der Waals surface area contributed by atoms with Crippen molar-refractivity contribution < 1.29 is 4.74 Å². The molecule has 0 heterocycles. The molecule has 1 aromatic carbocycles. The molecule has 3 heteroatoms. The number of nitriles is 1. The molecule has 0 spiro atoms. The lowest BCUT2D eigenvalue weighted by molar-refractivity contribution is 0.271. The molecule has 0 unspecified atom stereocenters. The summed E-state index contributed by atoms with van der Waals surface area (Å²) < 4.78 is 6.29. The largest absolute Gasteiger partial charge is 0.493 e. The third kappa shape index (κ3) is 3.04. The Morgan fingerprint density at radius 2 is 2.21 bits per heavy atom. The van der Waals surface area contributed by atoms with E-state index < -0.39 is 0 Å². The second-order valence-corrected chi connectivity index (χ2v) is 4.31. The minimum absolute atomic E-state index is 0.504. The van der Waals surface area contributed by atoms with Crippen molar-refractivity contribution in [3.63, 3.8) is 0 Å². The van der Waals surface area contributed by atoms with Crippen molar-refractivity contribution in [3.05, 3.63) is 28.2 Å². The molecule has 1 rings (SSSR count). The van der Waals surface area contributed by atoms with E-state index in [1.165, 1.54) is 0 Å². The van der Waals surface area contributed by atoms with Gasteiger partial charge in [-0.3, -0.25) is 0 Å². The molecular formula is C11H12BrNO. The van der Waals surface area contributed by atoms with E-state index in [2.05, 4.69) is 35.8 Å². The zero-order valence-electron chi connectivity index (χ0n) is 8.25. The van der Waals surface area contributed by atoms with Crippen molar-refractivity contribution in [1.29, 1.82) is 5.26 Å². The summed E-state index contributed by atoms with van der Waals surface area (Å²) in [4.78, 5) is 0. The van der Waals surface area contributed by atoms with Crippen LogP contribution in [0, 0.1) is 17.2 Å². The third-order valence-corrected chi connectivity index (χ3v) is 2.30. The van der Waals surface area contributed by atoms with E-state index in [1.54, 1.807) is 6.07 Å². The molecular weight excluding hydrogens is 242 g/mol. The quantitative estimate of drug-likeness (QED) is 0.828. The lowest BCUT2D eigenvalue weighted by Crippen LogP contribution is -2.04. The highest BCUT2D eigenvalue weighted by atomic mass is 79.9. The first-order chi connectivity index (χ1) is 6.63. The zero-order valence-corrected chi connectivity index (χ0v) is 9.84. The van der Waals surface area contributed by atoms with Crippen LogP contribution in [0.15, 0.2) is 22.7 Å². The number of hydrogen-bond acceptors (Lipinski definition) is 2. The van der Waals surface area contributed by atoms with Gasteiger partial charge in [-0.05, 0) is 40.0 Å². The summed E-state index contributed by atoms with van der Waals surface area (Å²) in [6.45, 7) is 4.88. The van der Waals surface area contributed by atoms with Crippen LogP contribution < -0.4 is 4.74 Å². The summed E-state index contributed by atoms with van der Waals surface area (Å²) in [6, 6.07) is 7.47. The molecule has 0 fully saturated rings. The van der Waals surface area contributed by atoms with E-state index in [1.807, 2.05) is 12.1 Å². The molecule has 0 atom stereocenters. The van der Waals surface area contributed by atoms with Gasteiger partial charge in [0, 0.05) is 4.47 Å². The Kier molecular flexibility index (Phi) is 3.97. The second-order valence-electron chi connectivity index (χ2n) is 3.46. The summed E-state index contributed by atoms with van der Waals surface area (Å²) in [5.41, 5.74) is 0.627. The van der Waals surface area contributed by atoms with Gasteiger partial charge < -0.3 is 4.74 Å². The van der Waals surface area contributed by atoms with E-state index in [0.29, 0.717) is 18.1 Å². The van der Waals surface area contributed by atoms with Crippen molar-refractivity contribution in [1.82, 2.24) is 0 Å². The number of halogens is 1. The predicted octanol–water partition coefficient (Wildman–Crippen LogP) is 3.36. The number of rotatable bonds is 3. The highest BCUT2D eigenvalue weighted by Crippen LogP contribution is 2.22. The van der Waals surface area contributed by atoms with E-state index in [-0.39, 0.29) is 0 Å². The summed E-state index contributed by atoms with van der Waals surface area (Å²) in [6.07, 6.45) is 0. The summed E-state index contributed by atoms with van der Waals surface area (Å²) in [5.74, 6) is 1.30. The first-order valence-electron chi connectivity index (χ1n) is 4.46. The summed E-state index contributed by atoms with van der Waals surface area (Å²) >= 11 is 3.31. The van der Waals surface area contributed by atoms with Crippen LogP contribution in [-0.2, 0) is 0 Å². The van der Waals surface area contributed by atoms with Crippen LogP contribution in [0.2, 0.25) is 0 Å². The Balaban J connectivity index is 2.73. The molecule has 1 aromatic rings. The lowest BCUT2D eigenvalue weighted by atomic mass is 10.2. The number of ether oxygens (including phenoxy) is 1. The molecule has 0 aliphatic rings. The number of benzene rings is 1. The van der Waals surface area contributed by atoms with E-state index in [0.717, 1.165) is 10.2 Å². The van der Waals surface area contributed by atoms with Gasteiger partial charge in [0.05, 0.1) is 12.2 Å². The van der Waals surface area contributed by atoms with Crippen LogP contribution >= 0.6 is 15.9 Å². The monoisotopic (exact) mass is 253 g/mol. The van der Waals surface area contributed by atoms with E-state index in [9.17, 15) is 0 Å². The molecule has 14 heavy (non-hydrogen) atoms. The maximum Gasteiger partial charge on any atom is 0.120 e. The molecule has 0 saturated carbocycles. The van der Waals surface area contributed by atoms with Crippen molar-refractivity contribution in [2.45, 2.75) is 13.8 Å². The van der Waals surface area contributed by atoms with Crippen LogP contribution in [0.5, 0.6) is 5.75 Å². The Morgan fingerprint density at radius 1 is 1.50 bits per heavy atom. The molecule has 0 radical (unpaired) electrons. The minimum atomic E-state index is 0.504. The van der Waals surface area contributed by atoms with Gasteiger partial charge in [0.25, 0.3) is 0 Å². The molecule has 0 N–H and O–H groups in total. The maximum atomic E-state index is 8.71. The molecule has 2 nitrogen and oxygen atoms in total. The predicted molar refractivity (Wildman–Crippen MR) is 59.2 cm³/mol. The molecule has 0 aliphatic heterocycles. The first kappa shape index (κ1) is 11.1. The molecule has 0 aromatic heterocycles. The van der Waals surface area contributed by atoms with Crippen LogP contribution in [0.1, 0.15) is 19.4 Å². The highest BCUT2D eigenvalue weighted by molar-refractivity contribution is 9.10. The smallest absolute Gasteiger partial charge is 0.120 e. The summed E-state index contributed by atoms with van der Waals surface area (Å²) in [5, 5.41) is 8.71. The highest BCUT2D eigenvalue weighted by Gasteiger charge is 2.02. The number of hydrogen-bond donors (Lipinski definition) is 0. The average molecular weight is 254 g/mol.